The molecule has 0 saturated carbocycles. The molecule has 0 radical (unpaired) electrons. The Morgan fingerprint density at radius 1 is 1.47 bits per heavy atom. The molecule has 0 bridgehead atoms. The first-order valence-corrected chi connectivity index (χ1v) is 4.53. The SMILES string of the molecule is O=C(O)CCn1cnc2c(O)cccc21. The lowest BCUT2D eigenvalue weighted by molar-refractivity contribution is -0.137. The number of carboxylic acid groups (broad SMARTS) is 1. The van der Waals surface area contributed by atoms with E-state index in [0.29, 0.717) is 12.1 Å². The van der Waals surface area contributed by atoms with Crippen LogP contribution >= 0.6 is 0 Å². The van der Waals surface area contributed by atoms with Gasteiger partial charge in [0.15, 0.2) is 0 Å². The summed E-state index contributed by atoms with van der Waals surface area (Å²) in [5, 5.41) is 18.0. The van der Waals surface area contributed by atoms with Gasteiger partial charge in [0.1, 0.15) is 11.3 Å². The number of fused-ring (bicyclic) bond motifs is 1. The van der Waals surface area contributed by atoms with Gasteiger partial charge in [-0.2, -0.15) is 0 Å². The molecule has 0 saturated heterocycles. The summed E-state index contributed by atoms with van der Waals surface area (Å²) in [5.41, 5.74) is 1.25. The summed E-state index contributed by atoms with van der Waals surface area (Å²) in [6.45, 7) is 0.356. The summed E-state index contributed by atoms with van der Waals surface area (Å²) in [5.74, 6) is -0.737. The van der Waals surface area contributed by atoms with Gasteiger partial charge in [-0.1, -0.05) is 6.07 Å². The molecular weight excluding hydrogens is 196 g/mol. The van der Waals surface area contributed by atoms with Gasteiger partial charge in [0.05, 0.1) is 18.3 Å². The Kier molecular flexibility index (Phi) is 2.29. The second-order valence-electron chi connectivity index (χ2n) is 3.23. The molecule has 2 aromatic rings. The van der Waals surface area contributed by atoms with Gasteiger partial charge in [0.2, 0.25) is 0 Å². The third kappa shape index (κ3) is 1.76. The zero-order valence-electron chi connectivity index (χ0n) is 7.92. The molecule has 0 aliphatic carbocycles. The fraction of sp³-hybridized carbons (Fsp3) is 0.200. The number of rotatable bonds is 3. The number of imidazole rings is 1. The predicted molar refractivity (Wildman–Crippen MR) is 53.7 cm³/mol. The quantitative estimate of drug-likeness (QED) is 0.791. The average molecular weight is 206 g/mol. The third-order valence-corrected chi connectivity index (χ3v) is 2.20. The van der Waals surface area contributed by atoms with Crippen molar-refractivity contribution in [3.05, 3.63) is 24.5 Å². The number of aliphatic carboxylic acids is 1. The monoisotopic (exact) mass is 206 g/mol. The van der Waals surface area contributed by atoms with Gasteiger partial charge in [-0.25, -0.2) is 4.98 Å². The van der Waals surface area contributed by atoms with Crippen molar-refractivity contribution in [1.82, 2.24) is 9.55 Å². The Labute approximate surface area is 85.6 Å². The largest absolute Gasteiger partial charge is 0.506 e. The number of aromatic nitrogens is 2. The number of phenolic OH excluding ortho intramolecular Hbond substituents is 1. The topological polar surface area (TPSA) is 75.3 Å². The number of para-hydroxylation sites is 1. The van der Waals surface area contributed by atoms with Crippen molar-refractivity contribution in [2.45, 2.75) is 13.0 Å². The lowest BCUT2D eigenvalue weighted by atomic mass is 10.3. The van der Waals surface area contributed by atoms with Crippen LogP contribution in [0.2, 0.25) is 0 Å². The van der Waals surface area contributed by atoms with Crippen LogP contribution in [0, 0.1) is 0 Å². The fourth-order valence-electron chi connectivity index (χ4n) is 1.47. The summed E-state index contributed by atoms with van der Waals surface area (Å²) in [6.07, 6.45) is 1.58. The van der Waals surface area contributed by atoms with E-state index in [1.165, 1.54) is 6.33 Å². The first kappa shape index (κ1) is 9.51. The summed E-state index contributed by atoms with van der Waals surface area (Å²) < 4.78 is 1.71. The highest BCUT2D eigenvalue weighted by atomic mass is 16.4. The molecule has 15 heavy (non-hydrogen) atoms. The Morgan fingerprint density at radius 3 is 3.00 bits per heavy atom. The van der Waals surface area contributed by atoms with Crippen molar-refractivity contribution in [2.24, 2.45) is 0 Å². The van der Waals surface area contributed by atoms with Gasteiger partial charge in [-0.15, -0.1) is 0 Å². The first-order chi connectivity index (χ1) is 7.18. The van der Waals surface area contributed by atoms with E-state index < -0.39 is 5.97 Å². The molecular formula is C10H10N2O3. The molecule has 78 valence electrons. The number of hydrogen-bond donors (Lipinski definition) is 2. The fourth-order valence-corrected chi connectivity index (χ4v) is 1.47. The highest BCUT2D eigenvalue weighted by Gasteiger charge is 2.06. The van der Waals surface area contributed by atoms with E-state index in [1.807, 2.05) is 0 Å². The molecule has 1 aromatic heterocycles. The number of aromatic hydroxyl groups is 1. The summed E-state index contributed by atoms with van der Waals surface area (Å²) >= 11 is 0. The number of aryl methyl sites for hydroxylation is 1. The molecule has 0 amide bonds. The lowest BCUT2D eigenvalue weighted by Crippen LogP contribution is -2.03. The smallest absolute Gasteiger partial charge is 0.305 e. The first-order valence-electron chi connectivity index (χ1n) is 4.53. The van der Waals surface area contributed by atoms with E-state index in [4.69, 9.17) is 5.11 Å². The molecule has 0 unspecified atom stereocenters. The van der Waals surface area contributed by atoms with Crippen molar-refractivity contribution >= 4 is 17.0 Å². The molecule has 0 aliphatic rings. The number of hydrogen-bond acceptors (Lipinski definition) is 3. The van der Waals surface area contributed by atoms with Gasteiger partial charge >= 0.3 is 5.97 Å². The Bertz CT molecular complexity index is 504. The standard InChI is InChI=1S/C10H10N2O3/c13-8-3-1-2-7-10(8)11-6-12(7)5-4-9(14)15/h1-3,6,13H,4-5H2,(H,14,15). The minimum absolute atomic E-state index is 0.0428. The Hall–Kier alpha value is -2.04. The van der Waals surface area contributed by atoms with Crippen molar-refractivity contribution in [3.63, 3.8) is 0 Å². The Balaban J connectivity index is 2.37. The second kappa shape index (κ2) is 3.61. The maximum absolute atomic E-state index is 10.4. The van der Waals surface area contributed by atoms with Crippen LogP contribution in [-0.4, -0.2) is 25.7 Å². The van der Waals surface area contributed by atoms with Crippen LogP contribution in [-0.2, 0) is 11.3 Å². The highest BCUT2D eigenvalue weighted by Crippen LogP contribution is 2.22. The van der Waals surface area contributed by atoms with E-state index in [0.717, 1.165) is 5.52 Å². The van der Waals surface area contributed by atoms with Crippen LogP contribution in [0.25, 0.3) is 11.0 Å². The molecule has 5 heteroatoms. The average Bonchev–Trinajstić information content (AvgIpc) is 2.59. The summed E-state index contributed by atoms with van der Waals surface area (Å²) in [6, 6.07) is 5.05. The number of benzene rings is 1. The van der Waals surface area contributed by atoms with Crippen LogP contribution in [0.3, 0.4) is 0 Å². The predicted octanol–water partition coefficient (Wildman–Crippen LogP) is 1.22. The third-order valence-electron chi connectivity index (χ3n) is 2.20. The van der Waals surface area contributed by atoms with Gasteiger partial charge in [-0.3, -0.25) is 4.79 Å². The molecule has 1 heterocycles. The molecule has 0 spiro atoms. The highest BCUT2D eigenvalue weighted by molar-refractivity contribution is 5.81. The number of carbonyl (C=O) groups is 1. The van der Waals surface area contributed by atoms with Gasteiger partial charge in [0.25, 0.3) is 0 Å². The minimum Gasteiger partial charge on any atom is -0.506 e. The van der Waals surface area contributed by atoms with E-state index >= 15 is 0 Å². The normalized spacial score (nSPS) is 10.7. The van der Waals surface area contributed by atoms with E-state index in [2.05, 4.69) is 4.98 Å². The summed E-state index contributed by atoms with van der Waals surface area (Å²) in [7, 11) is 0. The molecule has 0 fully saturated rings. The molecule has 0 atom stereocenters. The number of carboxylic acids is 1. The molecule has 0 aliphatic heterocycles. The molecule has 5 nitrogen and oxygen atoms in total. The van der Waals surface area contributed by atoms with Crippen LogP contribution < -0.4 is 0 Å². The maximum atomic E-state index is 10.4. The van der Waals surface area contributed by atoms with Crippen molar-refractivity contribution < 1.29 is 15.0 Å². The van der Waals surface area contributed by atoms with Crippen LogP contribution in [0.5, 0.6) is 5.75 Å². The molecule has 1 aromatic carbocycles. The van der Waals surface area contributed by atoms with Crippen LogP contribution in [0.1, 0.15) is 6.42 Å². The van der Waals surface area contributed by atoms with E-state index in [9.17, 15) is 9.90 Å². The van der Waals surface area contributed by atoms with Crippen molar-refractivity contribution in [3.8, 4) is 5.75 Å². The minimum atomic E-state index is -0.850. The van der Waals surface area contributed by atoms with Gasteiger partial charge in [0, 0.05) is 6.54 Å². The van der Waals surface area contributed by atoms with E-state index in [1.54, 1.807) is 22.8 Å². The van der Waals surface area contributed by atoms with Gasteiger partial charge in [-0.05, 0) is 12.1 Å². The zero-order chi connectivity index (χ0) is 10.8. The van der Waals surface area contributed by atoms with Crippen molar-refractivity contribution in [2.75, 3.05) is 0 Å². The second-order valence-corrected chi connectivity index (χ2v) is 3.23. The number of nitrogens with zero attached hydrogens (tertiary/aromatic N) is 2. The summed E-state index contributed by atoms with van der Waals surface area (Å²) in [4.78, 5) is 14.4. The zero-order valence-corrected chi connectivity index (χ0v) is 7.92. The van der Waals surface area contributed by atoms with Gasteiger partial charge < -0.3 is 14.8 Å². The number of phenols is 1. The van der Waals surface area contributed by atoms with Crippen molar-refractivity contribution in [1.29, 1.82) is 0 Å². The Morgan fingerprint density at radius 2 is 2.27 bits per heavy atom. The maximum Gasteiger partial charge on any atom is 0.305 e. The van der Waals surface area contributed by atoms with Crippen LogP contribution in [0.4, 0.5) is 0 Å². The lowest BCUT2D eigenvalue weighted by Gasteiger charge is -2.01. The molecule has 2 N–H and O–H groups in total. The van der Waals surface area contributed by atoms with E-state index in [-0.39, 0.29) is 12.2 Å². The molecule has 2 rings (SSSR count). The van der Waals surface area contributed by atoms with Crippen LogP contribution in [0.15, 0.2) is 24.5 Å².